The first-order chi connectivity index (χ1) is 12.9. The Morgan fingerprint density at radius 3 is 1.29 bits per heavy atom. The van der Waals surface area contributed by atoms with E-state index in [1.54, 1.807) is 13.8 Å². The van der Waals surface area contributed by atoms with Gasteiger partial charge in [0.2, 0.25) is 0 Å². The average Bonchev–Trinajstić information content (AvgIpc) is 2.64. The third-order valence-electron chi connectivity index (χ3n) is 4.56. The summed E-state index contributed by atoms with van der Waals surface area (Å²) in [6.45, 7) is 3.50. The molecular formula is C20H19F6NO. The van der Waals surface area contributed by atoms with Crippen molar-refractivity contribution in [1.29, 1.82) is 0 Å². The lowest BCUT2D eigenvalue weighted by atomic mass is 9.84. The molecule has 0 fully saturated rings. The Kier molecular flexibility index (Phi) is 6.41. The molecule has 28 heavy (non-hydrogen) atoms. The molecule has 2 nitrogen and oxygen atoms in total. The van der Waals surface area contributed by atoms with Gasteiger partial charge in [-0.05, 0) is 35.4 Å². The van der Waals surface area contributed by atoms with Crippen LogP contribution < -0.4 is 0 Å². The number of halogens is 6. The minimum Gasteiger partial charge on any atom is -0.399 e. The van der Waals surface area contributed by atoms with Crippen molar-refractivity contribution in [1.82, 2.24) is 0 Å². The lowest BCUT2D eigenvalue weighted by molar-refractivity contribution is -0.138. The predicted molar refractivity (Wildman–Crippen MR) is 94.2 cm³/mol. The van der Waals surface area contributed by atoms with Crippen molar-refractivity contribution < 1.29 is 31.2 Å². The SMILES string of the molecule is CON=C(C(C)c1ccc(C(F)(F)F)cc1)C(C)c1ccc(C(F)(F)F)cc1. The Morgan fingerprint density at radius 1 is 0.714 bits per heavy atom. The molecule has 0 aliphatic rings. The maximum atomic E-state index is 12.7. The molecule has 152 valence electrons. The smallest absolute Gasteiger partial charge is 0.399 e. The van der Waals surface area contributed by atoms with Crippen LogP contribution in [0.25, 0.3) is 0 Å². The second-order valence-corrected chi connectivity index (χ2v) is 6.38. The van der Waals surface area contributed by atoms with Crippen molar-refractivity contribution in [2.24, 2.45) is 5.16 Å². The van der Waals surface area contributed by atoms with E-state index in [0.29, 0.717) is 16.8 Å². The van der Waals surface area contributed by atoms with Crippen LogP contribution >= 0.6 is 0 Å². The molecule has 2 rings (SSSR count). The van der Waals surface area contributed by atoms with Crippen LogP contribution in [0.2, 0.25) is 0 Å². The summed E-state index contributed by atoms with van der Waals surface area (Å²) in [5.41, 5.74) is 0.140. The van der Waals surface area contributed by atoms with Crippen LogP contribution in [0.3, 0.4) is 0 Å². The van der Waals surface area contributed by atoms with Crippen molar-refractivity contribution in [2.45, 2.75) is 38.0 Å². The summed E-state index contributed by atoms with van der Waals surface area (Å²) in [7, 11) is 1.33. The number of hydrogen-bond donors (Lipinski definition) is 0. The monoisotopic (exact) mass is 403 g/mol. The molecule has 0 saturated heterocycles. The van der Waals surface area contributed by atoms with Crippen molar-refractivity contribution in [3.63, 3.8) is 0 Å². The van der Waals surface area contributed by atoms with Gasteiger partial charge in [0.05, 0.1) is 16.8 Å². The normalized spacial score (nSPS) is 14.3. The van der Waals surface area contributed by atoms with Gasteiger partial charge in [0.15, 0.2) is 0 Å². The summed E-state index contributed by atoms with van der Waals surface area (Å²) in [5.74, 6) is -0.806. The van der Waals surface area contributed by atoms with E-state index in [-0.39, 0.29) is 0 Å². The van der Waals surface area contributed by atoms with E-state index in [0.717, 1.165) is 24.3 Å². The Hall–Kier alpha value is -2.51. The fraction of sp³-hybridized carbons (Fsp3) is 0.350. The molecule has 0 amide bonds. The fourth-order valence-electron chi connectivity index (χ4n) is 2.90. The van der Waals surface area contributed by atoms with Crippen LogP contribution in [0, 0.1) is 0 Å². The van der Waals surface area contributed by atoms with Crippen molar-refractivity contribution >= 4 is 5.71 Å². The molecule has 0 heterocycles. The molecule has 0 aliphatic carbocycles. The largest absolute Gasteiger partial charge is 0.416 e. The van der Waals surface area contributed by atoms with Crippen LogP contribution in [-0.2, 0) is 17.2 Å². The summed E-state index contributed by atoms with van der Waals surface area (Å²) in [4.78, 5) is 4.87. The summed E-state index contributed by atoms with van der Waals surface area (Å²) >= 11 is 0. The molecule has 2 unspecified atom stereocenters. The molecule has 8 heteroatoms. The van der Waals surface area contributed by atoms with Gasteiger partial charge in [0.1, 0.15) is 7.11 Å². The van der Waals surface area contributed by atoms with E-state index < -0.39 is 35.3 Å². The van der Waals surface area contributed by atoms with Gasteiger partial charge in [-0.25, -0.2) is 0 Å². The third-order valence-corrected chi connectivity index (χ3v) is 4.56. The van der Waals surface area contributed by atoms with Gasteiger partial charge in [-0.2, -0.15) is 26.3 Å². The molecule has 0 spiro atoms. The molecule has 2 atom stereocenters. The second kappa shape index (κ2) is 8.24. The highest BCUT2D eigenvalue weighted by Crippen LogP contribution is 2.34. The zero-order valence-corrected chi connectivity index (χ0v) is 15.4. The summed E-state index contributed by atoms with van der Waals surface area (Å²) in [5, 5.41) is 3.99. The maximum absolute atomic E-state index is 12.7. The number of oxime groups is 1. The molecule has 0 aromatic heterocycles. The zero-order valence-electron chi connectivity index (χ0n) is 15.4. The van der Waals surface area contributed by atoms with Gasteiger partial charge in [-0.1, -0.05) is 43.3 Å². The molecule has 0 N–H and O–H groups in total. The van der Waals surface area contributed by atoms with Crippen molar-refractivity contribution in [3.8, 4) is 0 Å². The lowest BCUT2D eigenvalue weighted by Gasteiger charge is -2.21. The molecule has 0 radical (unpaired) electrons. The van der Waals surface area contributed by atoms with Gasteiger partial charge in [-0.3, -0.25) is 0 Å². The topological polar surface area (TPSA) is 21.6 Å². The number of benzene rings is 2. The minimum atomic E-state index is -4.43. The first-order valence-electron chi connectivity index (χ1n) is 8.40. The quantitative estimate of drug-likeness (QED) is 0.312. The fourth-order valence-corrected chi connectivity index (χ4v) is 2.90. The van der Waals surface area contributed by atoms with Gasteiger partial charge in [-0.15, -0.1) is 0 Å². The van der Waals surface area contributed by atoms with E-state index >= 15 is 0 Å². The molecule has 2 aromatic rings. The predicted octanol–water partition coefficient (Wildman–Crippen LogP) is 6.63. The van der Waals surface area contributed by atoms with Gasteiger partial charge >= 0.3 is 12.4 Å². The molecule has 0 saturated carbocycles. The molecule has 2 aromatic carbocycles. The first-order valence-corrected chi connectivity index (χ1v) is 8.40. The number of hydrogen-bond acceptors (Lipinski definition) is 2. The second-order valence-electron chi connectivity index (χ2n) is 6.38. The highest BCUT2D eigenvalue weighted by Gasteiger charge is 2.32. The van der Waals surface area contributed by atoms with E-state index in [1.807, 2.05) is 0 Å². The standard InChI is InChI=1S/C20H19F6NO/c1-12(14-4-8-16(9-5-14)19(21,22)23)18(27-28-3)13(2)15-6-10-17(11-7-15)20(24,25)26/h4-13H,1-3H3. The molecule has 0 bridgehead atoms. The molecule has 0 aliphatic heterocycles. The molecular weight excluding hydrogens is 384 g/mol. The average molecular weight is 403 g/mol. The van der Waals surface area contributed by atoms with Gasteiger partial charge < -0.3 is 4.84 Å². The van der Waals surface area contributed by atoms with Crippen LogP contribution in [0.4, 0.5) is 26.3 Å². The van der Waals surface area contributed by atoms with Crippen molar-refractivity contribution in [3.05, 3.63) is 70.8 Å². The Balaban J connectivity index is 2.30. The van der Waals surface area contributed by atoms with Crippen LogP contribution in [0.5, 0.6) is 0 Å². The van der Waals surface area contributed by atoms with Gasteiger partial charge in [0.25, 0.3) is 0 Å². The highest BCUT2D eigenvalue weighted by molar-refractivity contribution is 5.95. The van der Waals surface area contributed by atoms with E-state index in [1.165, 1.54) is 31.4 Å². The Morgan fingerprint density at radius 2 is 1.04 bits per heavy atom. The third kappa shape index (κ3) is 5.05. The summed E-state index contributed by atoms with van der Waals surface area (Å²) in [6.07, 6.45) is -8.86. The van der Waals surface area contributed by atoms with Gasteiger partial charge in [0, 0.05) is 11.8 Å². The number of alkyl halides is 6. The Bertz CT molecular complexity index is 741. The number of nitrogens with zero attached hydrogens (tertiary/aromatic N) is 1. The lowest BCUT2D eigenvalue weighted by Crippen LogP contribution is -2.18. The minimum absolute atomic E-state index is 0.403. The van der Waals surface area contributed by atoms with Crippen LogP contribution in [-0.4, -0.2) is 12.8 Å². The number of rotatable bonds is 5. The van der Waals surface area contributed by atoms with Crippen molar-refractivity contribution in [2.75, 3.05) is 7.11 Å². The van der Waals surface area contributed by atoms with Crippen LogP contribution in [0.1, 0.15) is 47.9 Å². The van der Waals surface area contributed by atoms with E-state index in [2.05, 4.69) is 5.16 Å². The maximum Gasteiger partial charge on any atom is 0.416 e. The summed E-state index contributed by atoms with van der Waals surface area (Å²) < 4.78 is 76.5. The van der Waals surface area contributed by atoms with E-state index in [4.69, 9.17) is 4.84 Å². The summed E-state index contributed by atoms with van der Waals surface area (Å²) in [6, 6.07) is 9.38. The van der Waals surface area contributed by atoms with E-state index in [9.17, 15) is 26.3 Å². The van der Waals surface area contributed by atoms with Crippen LogP contribution in [0.15, 0.2) is 53.7 Å². The zero-order chi connectivity index (χ0) is 21.1. The highest BCUT2D eigenvalue weighted by atomic mass is 19.4. The Labute approximate surface area is 158 Å². The first kappa shape index (κ1) is 21.8.